The van der Waals surface area contributed by atoms with Crippen LogP contribution in [0.2, 0.25) is 0 Å². The summed E-state index contributed by atoms with van der Waals surface area (Å²) in [6, 6.07) is 5.56. The largest absolute Gasteiger partial charge is 0.444 e. The second-order valence-electron chi connectivity index (χ2n) is 8.61. The maximum Gasteiger partial charge on any atom is 0.408 e. The van der Waals surface area contributed by atoms with Crippen LogP contribution in [0.3, 0.4) is 0 Å². The average Bonchev–Trinajstić information content (AvgIpc) is 2.67. The van der Waals surface area contributed by atoms with E-state index in [9.17, 15) is 19.2 Å². The van der Waals surface area contributed by atoms with Gasteiger partial charge in [0.1, 0.15) is 11.6 Å². The van der Waals surface area contributed by atoms with Crippen molar-refractivity contribution in [2.45, 2.75) is 59.3 Å². The first-order valence-electron chi connectivity index (χ1n) is 10.2. The molecular formula is C23H30N2O6. The molecule has 1 aliphatic rings. The van der Waals surface area contributed by atoms with Crippen molar-refractivity contribution in [1.29, 1.82) is 0 Å². The van der Waals surface area contributed by atoms with E-state index in [1.54, 1.807) is 65.8 Å². The number of Topliss-reactive ketones (excluding diaryl/α,β-unsaturated/α-hetero) is 2. The fourth-order valence-corrected chi connectivity index (χ4v) is 2.98. The van der Waals surface area contributed by atoms with Gasteiger partial charge >= 0.3 is 6.09 Å². The van der Waals surface area contributed by atoms with Crippen LogP contribution < -0.4 is 10.6 Å². The molecule has 0 saturated heterocycles. The highest BCUT2D eigenvalue weighted by molar-refractivity contribution is 6.26. The third-order valence-corrected chi connectivity index (χ3v) is 4.53. The maximum atomic E-state index is 12.8. The van der Waals surface area contributed by atoms with Gasteiger partial charge in [0.25, 0.3) is 0 Å². The number of hydrogen-bond acceptors (Lipinski definition) is 6. The smallest absolute Gasteiger partial charge is 0.408 e. The third kappa shape index (κ3) is 6.49. The Morgan fingerprint density at radius 1 is 1.03 bits per heavy atom. The van der Waals surface area contributed by atoms with E-state index in [2.05, 4.69) is 10.6 Å². The van der Waals surface area contributed by atoms with E-state index in [0.717, 1.165) is 0 Å². The number of benzene rings is 1. The van der Waals surface area contributed by atoms with E-state index in [1.807, 2.05) is 0 Å². The Morgan fingerprint density at radius 3 is 2.16 bits per heavy atom. The quantitative estimate of drug-likeness (QED) is 0.688. The highest BCUT2D eigenvalue weighted by atomic mass is 16.6. The van der Waals surface area contributed by atoms with Crippen molar-refractivity contribution in [2.75, 3.05) is 13.2 Å². The van der Waals surface area contributed by atoms with Crippen molar-refractivity contribution in [3.63, 3.8) is 0 Å². The summed E-state index contributed by atoms with van der Waals surface area (Å²) >= 11 is 0. The number of carbonyl (C=O) groups excluding carboxylic acids is 4. The minimum Gasteiger partial charge on any atom is -0.444 e. The van der Waals surface area contributed by atoms with Crippen LogP contribution in [-0.4, -0.2) is 54.5 Å². The topological polar surface area (TPSA) is 111 Å². The molecule has 168 valence electrons. The number of ether oxygens (including phenoxy) is 2. The third-order valence-electron chi connectivity index (χ3n) is 4.53. The minimum atomic E-state index is -1.03. The van der Waals surface area contributed by atoms with Crippen molar-refractivity contribution in [2.24, 2.45) is 0 Å². The Morgan fingerprint density at radius 2 is 1.61 bits per heavy atom. The predicted octanol–water partition coefficient (Wildman–Crippen LogP) is 2.82. The summed E-state index contributed by atoms with van der Waals surface area (Å²) in [7, 11) is 0. The zero-order chi connectivity index (χ0) is 23.3. The van der Waals surface area contributed by atoms with E-state index in [-0.39, 0.29) is 36.4 Å². The van der Waals surface area contributed by atoms with E-state index in [4.69, 9.17) is 9.47 Å². The van der Waals surface area contributed by atoms with Crippen molar-refractivity contribution in [1.82, 2.24) is 10.6 Å². The van der Waals surface area contributed by atoms with Gasteiger partial charge in [0.2, 0.25) is 5.91 Å². The molecule has 0 radical (unpaired) electrons. The summed E-state index contributed by atoms with van der Waals surface area (Å²) in [6.45, 7) is 10.1. The van der Waals surface area contributed by atoms with Gasteiger partial charge in [-0.3, -0.25) is 14.4 Å². The van der Waals surface area contributed by atoms with Crippen LogP contribution in [0.1, 0.15) is 62.3 Å². The van der Waals surface area contributed by atoms with Crippen LogP contribution in [0.5, 0.6) is 0 Å². The monoisotopic (exact) mass is 430 g/mol. The van der Waals surface area contributed by atoms with E-state index in [1.165, 1.54) is 0 Å². The summed E-state index contributed by atoms with van der Waals surface area (Å²) in [5.41, 5.74) is 0.453. The Hall–Kier alpha value is -3.00. The van der Waals surface area contributed by atoms with Crippen LogP contribution >= 0.6 is 0 Å². The normalized spacial score (nSPS) is 14.9. The molecule has 0 spiro atoms. The molecule has 1 atom stereocenters. The molecule has 2 amide bonds. The zero-order valence-corrected chi connectivity index (χ0v) is 18.8. The van der Waals surface area contributed by atoms with Crippen molar-refractivity contribution in [3.05, 3.63) is 46.5 Å². The number of hydrogen-bond donors (Lipinski definition) is 2. The van der Waals surface area contributed by atoms with Crippen LogP contribution in [0.4, 0.5) is 4.79 Å². The number of alkyl carbamates (subject to hydrolysis) is 1. The number of rotatable bonds is 7. The molecule has 1 unspecified atom stereocenters. The molecule has 8 heteroatoms. The first-order valence-corrected chi connectivity index (χ1v) is 10.2. The molecule has 0 heterocycles. The van der Waals surface area contributed by atoms with Gasteiger partial charge in [-0.05, 0) is 41.5 Å². The minimum absolute atomic E-state index is 0.0729. The van der Waals surface area contributed by atoms with Gasteiger partial charge in [-0.15, -0.1) is 0 Å². The van der Waals surface area contributed by atoms with Gasteiger partial charge < -0.3 is 20.1 Å². The summed E-state index contributed by atoms with van der Waals surface area (Å²) in [5.74, 6) is -1.10. The van der Waals surface area contributed by atoms with Crippen LogP contribution in [0, 0.1) is 0 Å². The number of fused-ring (bicyclic) bond motifs is 1. The van der Waals surface area contributed by atoms with E-state index < -0.39 is 23.6 Å². The highest BCUT2D eigenvalue weighted by Crippen LogP contribution is 2.25. The molecule has 31 heavy (non-hydrogen) atoms. The van der Waals surface area contributed by atoms with E-state index >= 15 is 0 Å². The molecule has 8 nitrogen and oxygen atoms in total. The van der Waals surface area contributed by atoms with E-state index in [0.29, 0.717) is 16.7 Å². The van der Waals surface area contributed by atoms with Crippen molar-refractivity contribution < 1.29 is 28.7 Å². The highest BCUT2D eigenvalue weighted by Gasteiger charge is 2.31. The molecule has 1 aromatic rings. The van der Waals surface area contributed by atoms with Crippen LogP contribution in [0.25, 0.3) is 0 Å². The number of ketones is 2. The second kappa shape index (κ2) is 9.87. The molecule has 0 fully saturated rings. The van der Waals surface area contributed by atoms with Gasteiger partial charge in [-0.1, -0.05) is 24.3 Å². The Kier molecular flexibility index (Phi) is 7.73. The second-order valence-corrected chi connectivity index (χ2v) is 8.61. The molecule has 0 bridgehead atoms. The zero-order valence-electron chi connectivity index (χ0n) is 18.8. The van der Waals surface area contributed by atoms with Crippen molar-refractivity contribution in [3.8, 4) is 0 Å². The maximum absolute atomic E-state index is 12.8. The van der Waals surface area contributed by atoms with Gasteiger partial charge in [-0.25, -0.2) is 4.79 Å². The fraction of sp³-hybridized carbons (Fsp3) is 0.478. The Balaban J connectivity index is 2.12. The first-order chi connectivity index (χ1) is 14.4. The molecule has 2 rings (SSSR count). The van der Waals surface area contributed by atoms with Crippen molar-refractivity contribution >= 4 is 23.6 Å². The summed E-state index contributed by atoms with van der Waals surface area (Å²) in [5, 5.41) is 5.13. The molecular weight excluding hydrogens is 400 g/mol. The molecule has 1 aliphatic carbocycles. The molecule has 1 aromatic carbocycles. The lowest BCUT2D eigenvalue weighted by Crippen LogP contribution is -2.51. The lowest BCUT2D eigenvalue weighted by Gasteiger charge is -2.24. The molecule has 2 N–H and O–H groups in total. The van der Waals surface area contributed by atoms with Crippen LogP contribution in [0.15, 0.2) is 35.4 Å². The van der Waals surface area contributed by atoms with Gasteiger partial charge in [-0.2, -0.15) is 0 Å². The average molecular weight is 431 g/mol. The van der Waals surface area contributed by atoms with Gasteiger partial charge in [0.05, 0.1) is 12.7 Å². The number of allylic oxidation sites excluding steroid dienone is 1. The number of nitrogens with one attached hydrogen (secondary N) is 2. The molecule has 0 aromatic heterocycles. The first kappa shape index (κ1) is 24.3. The summed E-state index contributed by atoms with van der Waals surface area (Å²) in [4.78, 5) is 50.3. The lowest BCUT2D eigenvalue weighted by atomic mass is 9.84. The van der Waals surface area contributed by atoms with Crippen LogP contribution in [-0.2, 0) is 14.3 Å². The summed E-state index contributed by atoms with van der Waals surface area (Å²) in [6.07, 6.45) is -0.914. The Labute approximate surface area is 182 Å². The lowest BCUT2D eigenvalue weighted by molar-refractivity contribution is -0.125. The number of amides is 2. The molecule has 0 aliphatic heterocycles. The predicted molar refractivity (Wildman–Crippen MR) is 115 cm³/mol. The molecule has 0 saturated carbocycles. The Bertz CT molecular complexity index is 911. The van der Waals surface area contributed by atoms with Gasteiger partial charge in [0.15, 0.2) is 11.6 Å². The van der Waals surface area contributed by atoms with Gasteiger partial charge in [0, 0.05) is 28.8 Å². The SMILES string of the molecule is CC1=C(CNC(=O)C(COC(C)C)NC(=O)OC(C)(C)C)C(=O)c2ccccc2C1=O. The standard InChI is InChI=1S/C23H30N2O6/c1-13(2)30-12-18(25-22(29)31-23(4,5)6)21(28)24-11-17-14(3)19(26)15-9-7-8-10-16(15)20(17)27/h7-10,13,18H,11-12H2,1-6H3,(H,24,28)(H,25,29). The fourth-order valence-electron chi connectivity index (χ4n) is 2.98. The number of carbonyl (C=O) groups is 4. The summed E-state index contributed by atoms with van der Waals surface area (Å²) < 4.78 is 10.7.